The zero-order chi connectivity index (χ0) is 17.2. The van der Waals surface area contributed by atoms with Crippen molar-refractivity contribution >= 4 is 33.4 Å². The molecule has 0 bridgehead atoms. The van der Waals surface area contributed by atoms with E-state index < -0.39 is 0 Å². The molecule has 0 radical (unpaired) electrons. The lowest BCUT2D eigenvalue weighted by Gasteiger charge is -2.00. The second-order valence-electron chi connectivity index (χ2n) is 5.34. The van der Waals surface area contributed by atoms with Crippen molar-refractivity contribution in [2.75, 3.05) is 5.32 Å². The number of halogens is 1. The van der Waals surface area contributed by atoms with Crippen LogP contribution in [0.2, 0.25) is 0 Å². The van der Waals surface area contributed by atoms with Gasteiger partial charge in [0.1, 0.15) is 16.6 Å². The normalized spacial score (nSPS) is 10.9. The van der Waals surface area contributed by atoms with Crippen LogP contribution in [0.25, 0.3) is 11.0 Å². The predicted molar refractivity (Wildman–Crippen MR) is 93.2 cm³/mol. The number of carbonyl (C=O) groups excluding carboxylic acids is 1. The predicted octanol–water partition coefficient (Wildman–Crippen LogP) is 3.40. The van der Waals surface area contributed by atoms with Gasteiger partial charge in [0.15, 0.2) is 0 Å². The molecule has 2 N–H and O–H groups in total. The van der Waals surface area contributed by atoms with Crippen LogP contribution in [0.3, 0.4) is 0 Å². The summed E-state index contributed by atoms with van der Waals surface area (Å²) in [6.07, 6.45) is 0.499. The van der Waals surface area contributed by atoms with E-state index in [9.17, 15) is 9.18 Å². The molecule has 25 heavy (non-hydrogen) atoms. The summed E-state index contributed by atoms with van der Waals surface area (Å²) in [5.41, 5.74) is 2.22. The van der Waals surface area contributed by atoms with Crippen molar-refractivity contribution in [2.45, 2.75) is 6.42 Å². The fraction of sp³-hybridized carbons (Fsp3) is 0.0588. The maximum absolute atomic E-state index is 12.9. The van der Waals surface area contributed by atoms with Crippen LogP contribution in [0.15, 0.2) is 48.5 Å². The van der Waals surface area contributed by atoms with Crippen LogP contribution in [0.4, 0.5) is 9.52 Å². The number of benzene rings is 2. The summed E-state index contributed by atoms with van der Waals surface area (Å²) < 4.78 is 12.9. The topological polar surface area (TPSA) is 83.6 Å². The van der Waals surface area contributed by atoms with Crippen molar-refractivity contribution < 1.29 is 9.18 Å². The van der Waals surface area contributed by atoms with Crippen molar-refractivity contribution in [1.29, 1.82) is 0 Å². The first-order chi connectivity index (χ1) is 12.2. The number of anilines is 1. The maximum atomic E-state index is 12.9. The molecular weight excluding hydrogens is 341 g/mol. The summed E-state index contributed by atoms with van der Waals surface area (Å²) in [5, 5.41) is 11.8. The Bertz CT molecular complexity index is 1010. The van der Waals surface area contributed by atoms with Gasteiger partial charge in [0.2, 0.25) is 5.13 Å². The van der Waals surface area contributed by atoms with E-state index in [1.54, 1.807) is 0 Å². The lowest BCUT2D eigenvalue weighted by atomic mass is 10.2. The number of amides is 1. The van der Waals surface area contributed by atoms with E-state index >= 15 is 0 Å². The molecular formula is C17H12FN5OS. The van der Waals surface area contributed by atoms with Gasteiger partial charge in [-0.05, 0) is 36.4 Å². The minimum absolute atomic E-state index is 0.355. The number of para-hydroxylation sites is 2. The first-order valence-electron chi connectivity index (χ1n) is 7.50. The lowest BCUT2D eigenvalue weighted by molar-refractivity contribution is 0.102. The van der Waals surface area contributed by atoms with Gasteiger partial charge >= 0.3 is 0 Å². The number of imidazole rings is 1. The van der Waals surface area contributed by atoms with E-state index in [-0.39, 0.29) is 11.7 Å². The highest BCUT2D eigenvalue weighted by atomic mass is 32.1. The van der Waals surface area contributed by atoms with E-state index in [0.29, 0.717) is 17.1 Å². The first kappa shape index (κ1) is 15.4. The van der Waals surface area contributed by atoms with Gasteiger partial charge in [-0.1, -0.05) is 23.5 Å². The summed E-state index contributed by atoms with van der Waals surface area (Å²) in [6, 6.07) is 13.1. The van der Waals surface area contributed by atoms with Gasteiger partial charge in [-0.2, -0.15) is 0 Å². The average molecular weight is 353 g/mol. The third kappa shape index (κ3) is 3.38. The number of hydrogen-bond donors (Lipinski definition) is 2. The third-order valence-corrected chi connectivity index (χ3v) is 4.39. The Kier molecular flexibility index (Phi) is 3.95. The molecule has 0 fully saturated rings. The Morgan fingerprint density at radius 3 is 2.72 bits per heavy atom. The highest BCUT2D eigenvalue weighted by Gasteiger charge is 2.12. The zero-order valence-electron chi connectivity index (χ0n) is 12.9. The molecule has 1 amide bonds. The number of carbonyl (C=O) groups is 1. The van der Waals surface area contributed by atoms with Gasteiger partial charge < -0.3 is 4.98 Å². The number of H-pyrrole nitrogens is 1. The number of aromatic amines is 1. The van der Waals surface area contributed by atoms with E-state index in [4.69, 9.17) is 0 Å². The molecule has 2 aromatic carbocycles. The molecule has 124 valence electrons. The monoisotopic (exact) mass is 353 g/mol. The van der Waals surface area contributed by atoms with E-state index in [2.05, 4.69) is 25.5 Å². The Morgan fingerprint density at radius 2 is 1.92 bits per heavy atom. The highest BCUT2D eigenvalue weighted by Crippen LogP contribution is 2.20. The van der Waals surface area contributed by atoms with Crippen molar-refractivity contribution in [3.05, 3.63) is 70.7 Å². The SMILES string of the molecule is O=C(Nc1nnc(Cc2nc3ccccc3[nH]2)s1)c1ccc(F)cc1. The fourth-order valence-corrected chi connectivity index (χ4v) is 3.12. The first-order valence-corrected chi connectivity index (χ1v) is 8.32. The smallest absolute Gasteiger partial charge is 0.257 e. The molecule has 4 aromatic rings. The molecule has 0 unspecified atom stereocenters. The standard InChI is InChI=1S/C17H12FN5OS/c18-11-7-5-10(6-8-11)16(24)21-17-23-22-15(25-17)9-14-19-12-3-1-2-4-13(12)20-14/h1-8H,9H2,(H,19,20)(H,21,23,24). The molecule has 2 aromatic heterocycles. The lowest BCUT2D eigenvalue weighted by Crippen LogP contribution is -2.11. The van der Waals surface area contributed by atoms with Crippen LogP contribution < -0.4 is 5.32 Å². The minimum atomic E-state index is -0.388. The van der Waals surface area contributed by atoms with E-state index in [1.165, 1.54) is 35.6 Å². The molecule has 8 heteroatoms. The molecule has 0 aliphatic rings. The Hall–Kier alpha value is -3.13. The molecule has 0 saturated carbocycles. The Labute approximate surface area is 145 Å². The summed E-state index contributed by atoms with van der Waals surface area (Å²) in [5.74, 6) is 0.0424. The summed E-state index contributed by atoms with van der Waals surface area (Å²) in [4.78, 5) is 19.8. The Balaban J connectivity index is 1.46. The second kappa shape index (κ2) is 6.40. The summed E-state index contributed by atoms with van der Waals surface area (Å²) >= 11 is 1.28. The molecule has 0 aliphatic heterocycles. The number of hydrogen-bond acceptors (Lipinski definition) is 5. The van der Waals surface area contributed by atoms with Gasteiger partial charge in [-0.3, -0.25) is 10.1 Å². The molecule has 0 saturated heterocycles. The van der Waals surface area contributed by atoms with Crippen molar-refractivity contribution in [1.82, 2.24) is 20.2 Å². The van der Waals surface area contributed by atoms with Gasteiger partial charge in [0, 0.05) is 5.56 Å². The molecule has 2 heterocycles. The van der Waals surface area contributed by atoms with E-state index in [0.717, 1.165) is 21.9 Å². The van der Waals surface area contributed by atoms with E-state index in [1.807, 2.05) is 24.3 Å². The highest BCUT2D eigenvalue weighted by molar-refractivity contribution is 7.15. The van der Waals surface area contributed by atoms with Gasteiger partial charge in [-0.25, -0.2) is 9.37 Å². The van der Waals surface area contributed by atoms with Crippen LogP contribution >= 0.6 is 11.3 Å². The van der Waals surface area contributed by atoms with Crippen LogP contribution in [0.1, 0.15) is 21.2 Å². The molecule has 0 atom stereocenters. The molecule has 0 spiro atoms. The Morgan fingerprint density at radius 1 is 1.12 bits per heavy atom. The van der Waals surface area contributed by atoms with Crippen molar-refractivity contribution in [3.8, 4) is 0 Å². The number of nitrogens with one attached hydrogen (secondary N) is 2. The van der Waals surface area contributed by atoms with Crippen LogP contribution in [0.5, 0.6) is 0 Å². The summed E-state index contributed by atoms with van der Waals surface area (Å²) in [6.45, 7) is 0. The minimum Gasteiger partial charge on any atom is -0.342 e. The number of fused-ring (bicyclic) bond motifs is 1. The molecule has 0 aliphatic carbocycles. The third-order valence-electron chi connectivity index (χ3n) is 3.55. The second-order valence-corrected chi connectivity index (χ2v) is 6.40. The quantitative estimate of drug-likeness (QED) is 0.589. The van der Waals surface area contributed by atoms with Gasteiger partial charge in [-0.15, -0.1) is 10.2 Å². The molecule has 6 nitrogen and oxygen atoms in total. The zero-order valence-corrected chi connectivity index (χ0v) is 13.7. The number of rotatable bonds is 4. The largest absolute Gasteiger partial charge is 0.342 e. The van der Waals surface area contributed by atoms with Crippen molar-refractivity contribution in [3.63, 3.8) is 0 Å². The van der Waals surface area contributed by atoms with Gasteiger partial charge in [0.25, 0.3) is 5.91 Å². The average Bonchev–Trinajstić information content (AvgIpc) is 3.21. The van der Waals surface area contributed by atoms with Crippen LogP contribution in [0, 0.1) is 5.82 Å². The van der Waals surface area contributed by atoms with Gasteiger partial charge in [0.05, 0.1) is 17.5 Å². The molecule has 4 rings (SSSR count). The van der Waals surface area contributed by atoms with Crippen LogP contribution in [-0.2, 0) is 6.42 Å². The fourth-order valence-electron chi connectivity index (χ4n) is 2.38. The number of aromatic nitrogens is 4. The van der Waals surface area contributed by atoms with Crippen molar-refractivity contribution in [2.24, 2.45) is 0 Å². The maximum Gasteiger partial charge on any atom is 0.257 e. The summed E-state index contributed by atoms with van der Waals surface area (Å²) in [7, 11) is 0. The number of nitrogens with zero attached hydrogens (tertiary/aromatic N) is 3. The van der Waals surface area contributed by atoms with Crippen LogP contribution in [-0.4, -0.2) is 26.1 Å².